The molecule has 6 nitrogen and oxygen atoms in total. The van der Waals surface area contributed by atoms with Crippen molar-refractivity contribution in [2.75, 3.05) is 6.54 Å². The number of carbonyl (C=O) groups is 1. The molecular formula is C10H14ClN3O3S. The van der Waals surface area contributed by atoms with Gasteiger partial charge in [0.25, 0.3) is 0 Å². The Hall–Kier alpha value is -1.18. The van der Waals surface area contributed by atoms with Gasteiger partial charge in [-0.05, 0) is 25.0 Å². The molecule has 0 fully saturated rings. The zero-order valence-corrected chi connectivity index (χ0v) is 11.2. The molecule has 0 aliphatic rings. The molecule has 1 aromatic rings. The zero-order chi connectivity index (χ0) is 13.6. The summed E-state index contributed by atoms with van der Waals surface area (Å²) in [7, 11) is -3.65. The summed E-state index contributed by atoms with van der Waals surface area (Å²) in [4.78, 5) is 14.1. The van der Waals surface area contributed by atoms with Crippen LogP contribution in [0.5, 0.6) is 0 Å². The molecule has 18 heavy (non-hydrogen) atoms. The summed E-state index contributed by atoms with van der Waals surface area (Å²) in [5, 5.41) is -0.0675. The molecule has 1 heterocycles. The van der Waals surface area contributed by atoms with Crippen LogP contribution in [0.15, 0.2) is 23.2 Å². The molecule has 1 rings (SSSR count). The molecule has 0 saturated heterocycles. The standard InChI is InChI=1S/C10H14ClN3O3S/c11-10-8(4-3-6-13-10)18(16,17)14-7-2-1-5-9(12)15/h3-4,6,14H,1-2,5,7H2,(H2,12,15). The number of carbonyl (C=O) groups excluding carboxylic acids is 1. The van der Waals surface area contributed by atoms with Crippen molar-refractivity contribution in [1.82, 2.24) is 9.71 Å². The van der Waals surface area contributed by atoms with E-state index >= 15 is 0 Å². The smallest absolute Gasteiger partial charge is 0.243 e. The van der Waals surface area contributed by atoms with E-state index in [9.17, 15) is 13.2 Å². The Morgan fingerprint density at radius 2 is 2.17 bits per heavy atom. The van der Waals surface area contributed by atoms with E-state index in [1.54, 1.807) is 0 Å². The minimum atomic E-state index is -3.65. The zero-order valence-electron chi connectivity index (χ0n) is 9.60. The Balaban J connectivity index is 2.51. The van der Waals surface area contributed by atoms with Crippen molar-refractivity contribution in [1.29, 1.82) is 0 Å². The maximum Gasteiger partial charge on any atom is 0.243 e. The molecule has 100 valence electrons. The summed E-state index contributed by atoms with van der Waals surface area (Å²) < 4.78 is 26.0. The lowest BCUT2D eigenvalue weighted by molar-refractivity contribution is -0.118. The minimum Gasteiger partial charge on any atom is -0.370 e. The number of amides is 1. The lowest BCUT2D eigenvalue weighted by Gasteiger charge is -2.07. The van der Waals surface area contributed by atoms with Gasteiger partial charge in [0.1, 0.15) is 10.0 Å². The number of unbranched alkanes of at least 4 members (excludes halogenated alkanes) is 1. The summed E-state index contributed by atoms with van der Waals surface area (Å²) in [6, 6.07) is 2.87. The maximum absolute atomic E-state index is 11.8. The Kier molecular flexibility index (Phi) is 5.52. The average molecular weight is 292 g/mol. The number of nitrogens with zero attached hydrogens (tertiary/aromatic N) is 1. The number of primary amides is 1. The number of sulfonamides is 1. The van der Waals surface area contributed by atoms with E-state index in [2.05, 4.69) is 9.71 Å². The first-order valence-electron chi connectivity index (χ1n) is 5.32. The quantitative estimate of drug-likeness (QED) is 0.569. The first-order chi connectivity index (χ1) is 8.43. The monoisotopic (exact) mass is 291 g/mol. The number of nitrogens with one attached hydrogen (secondary N) is 1. The van der Waals surface area contributed by atoms with Crippen LogP contribution in [0.2, 0.25) is 5.15 Å². The van der Waals surface area contributed by atoms with Gasteiger partial charge in [0.2, 0.25) is 15.9 Å². The molecule has 0 unspecified atom stereocenters. The molecular weight excluding hydrogens is 278 g/mol. The Labute approximate surface area is 111 Å². The highest BCUT2D eigenvalue weighted by Crippen LogP contribution is 2.17. The highest BCUT2D eigenvalue weighted by atomic mass is 35.5. The molecule has 0 atom stereocenters. The van der Waals surface area contributed by atoms with Crippen LogP contribution >= 0.6 is 11.6 Å². The fourth-order valence-corrected chi connectivity index (χ4v) is 2.81. The third-order valence-corrected chi connectivity index (χ3v) is 4.06. The van der Waals surface area contributed by atoms with Crippen molar-refractivity contribution in [3.05, 3.63) is 23.5 Å². The van der Waals surface area contributed by atoms with Gasteiger partial charge in [-0.2, -0.15) is 0 Å². The van der Waals surface area contributed by atoms with Gasteiger partial charge in [0, 0.05) is 19.2 Å². The van der Waals surface area contributed by atoms with Crippen molar-refractivity contribution in [3.63, 3.8) is 0 Å². The maximum atomic E-state index is 11.8. The van der Waals surface area contributed by atoms with Crippen molar-refractivity contribution < 1.29 is 13.2 Å². The fourth-order valence-electron chi connectivity index (χ4n) is 1.28. The van der Waals surface area contributed by atoms with Crippen molar-refractivity contribution in [3.8, 4) is 0 Å². The van der Waals surface area contributed by atoms with E-state index in [0.717, 1.165) is 0 Å². The molecule has 0 aromatic carbocycles. The van der Waals surface area contributed by atoms with Crippen LogP contribution in [-0.2, 0) is 14.8 Å². The number of hydrogen-bond acceptors (Lipinski definition) is 4. The fraction of sp³-hybridized carbons (Fsp3) is 0.400. The van der Waals surface area contributed by atoms with Gasteiger partial charge in [-0.15, -0.1) is 0 Å². The van der Waals surface area contributed by atoms with Gasteiger partial charge in [-0.25, -0.2) is 18.1 Å². The van der Waals surface area contributed by atoms with E-state index in [-0.39, 0.29) is 23.0 Å². The average Bonchev–Trinajstić information content (AvgIpc) is 2.28. The second kappa shape index (κ2) is 6.67. The van der Waals surface area contributed by atoms with Gasteiger partial charge in [-0.1, -0.05) is 11.6 Å². The summed E-state index contributed by atoms with van der Waals surface area (Å²) in [5.41, 5.74) is 4.97. The molecule has 0 spiro atoms. The van der Waals surface area contributed by atoms with Crippen LogP contribution in [0.4, 0.5) is 0 Å². The third kappa shape index (κ3) is 4.59. The number of rotatable bonds is 7. The Morgan fingerprint density at radius 1 is 1.44 bits per heavy atom. The van der Waals surface area contributed by atoms with E-state index < -0.39 is 15.9 Å². The minimum absolute atomic E-state index is 0.0541. The summed E-state index contributed by atoms with van der Waals surface area (Å²) in [6.45, 7) is 0.223. The summed E-state index contributed by atoms with van der Waals surface area (Å²) in [6.07, 6.45) is 2.72. The normalized spacial score (nSPS) is 11.4. The lowest BCUT2D eigenvalue weighted by Crippen LogP contribution is -2.25. The van der Waals surface area contributed by atoms with Gasteiger partial charge < -0.3 is 5.73 Å². The SMILES string of the molecule is NC(=O)CCCCNS(=O)(=O)c1cccnc1Cl. The molecule has 3 N–H and O–H groups in total. The van der Waals surface area contributed by atoms with Crippen LogP contribution in [0.1, 0.15) is 19.3 Å². The van der Waals surface area contributed by atoms with Crippen molar-refractivity contribution in [2.24, 2.45) is 5.73 Å². The van der Waals surface area contributed by atoms with Crippen molar-refractivity contribution >= 4 is 27.5 Å². The van der Waals surface area contributed by atoms with Crippen LogP contribution in [0.3, 0.4) is 0 Å². The van der Waals surface area contributed by atoms with E-state index in [1.807, 2.05) is 0 Å². The number of aromatic nitrogens is 1. The molecule has 0 aliphatic heterocycles. The van der Waals surface area contributed by atoms with Crippen LogP contribution < -0.4 is 10.5 Å². The highest BCUT2D eigenvalue weighted by Gasteiger charge is 2.17. The van der Waals surface area contributed by atoms with Gasteiger partial charge in [-0.3, -0.25) is 4.79 Å². The van der Waals surface area contributed by atoms with Gasteiger partial charge >= 0.3 is 0 Å². The number of hydrogen-bond donors (Lipinski definition) is 2. The molecule has 0 radical (unpaired) electrons. The second-order valence-electron chi connectivity index (χ2n) is 3.61. The largest absolute Gasteiger partial charge is 0.370 e. The predicted octanol–water partition coefficient (Wildman–Crippen LogP) is 0.669. The van der Waals surface area contributed by atoms with E-state index in [4.69, 9.17) is 17.3 Å². The Morgan fingerprint density at radius 3 is 2.78 bits per heavy atom. The molecule has 0 saturated carbocycles. The topological polar surface area (TPSA) is 102 Å². The highest BCUT2D eigenvalue weighted by molar-refractivity contribution is 7.89. The third-order valence-electron chi connectivity index (χ3n) is 2.16. The van der Waals surface area contributed by atoms with Crippen LogP contribution in [0.25, 0.3) is 0 Å². The Bertz CT molecular complexity index is 519. The number of pyridine rings is 1. The van der Waals surface area contributed by atoms with Crippen LogP contribution in [0, 0.1) is 0 Å². The molecule has 1 amide bonds. The molecule has 0 bridgehead atoms. The van der Waals surface area contributed by atoms with E-state index in [0.29, 0.717) is 12.8 Å². The van der Waals surface area contributed by atoms with Gasteiger partial charge in [0.15, 0.2) is 0 Å². The molecule has 0 aliphatic carbocycles. The predicted molar refractivity (Wildman–Crippen MR) is 67.5 cm³/mol. The van der Waals surface area contributed by atoms with Gasteiger partial charge in [0.05, 0.1) is 0 Å². The molecule has 8 heteroatoms. The first kappa shape index (κ1) is 14.9. The second-order valence-corrected chi connectivity index (χ2v) is 5.71. The number of halogens is 1. The molecule has 1 aromatic heterocycles. The van der Waals surface area contributed by atoms with E-state index in [1.165, 1.54) is 18.3 Å². The van der Waals surface area contributed by atoms with Crippen molar-refractivity contribution in [2.45, 2.75) is 24.2 Å². The summed E-state index contributed by atoms with van der Waals surface area (Å²) in [5.74, 6) is -0.395. The first-order valence-corrected chi connectivity index (χ1v) is 7.18. The van der Waals surface area contributed by atoms with Crippen LogP contribution in [-0.4, -0.2) is 25.9 Å². The summed E-state index contributed by atoms with van der Waals surface area (Å²) >= 11 is 5.70. The lowest BCUT2D eigenvalue weighted by atomic mass is 10.2. The number of nitrogens with two attached hydrogens (primary N) is 1.